The van der Waals surface area contributed by atoms with Crippen LogP contribution in [0.2, 0.25) is 0 Å². The summed E-state index contributed by atoms with van der Waals surface area (Å²) in [5.41, 5.74) is 0.227. The highest BCUT2D eigenvalue weighted by Gasteiger charge is 2.51. The van der Waals surface area contributed by atoms with E-state index >= 15 is 0 Å². The van der Waals surface area contributed by atoms with E-state index in [4.69, 9.17) is 14.0 Å². The number of pyridine rings is 1. The molecule has 5 heteroatoms. The number of ether oxygens (including phenoxy) is 1. The Bertz CT molecular complexity index is 446. The molecule has 0 aliphatic carbocycles. The van der Waals surface area contributed by atoms with Gasteiger partial charge in [-0.3, -0.25) is 4.98 Å². The van der Waals surface area contributed by atoms with Gasteiger partial charge in [-0.25, -0.2) is 0 Å². The molecule has 0 unspecified atom stereocenters. The van der Waals surface area contributed by atoms with Crippen LogP contribution in [-0.4, -0.2) is 29.9 Å². The maximum atomic E-state index is 6.01. The van der Waals surface area contributed by atoms with Gasteiger partial charge in [-0.15, -0.1) is 0 Å². The van der Waals surface area contributed by atoms with Gasteiger partial charge in [0.15, 0.2) is 0 Å². The van der Waals surface area contributed by atoms with Crippen molar-refractivity contribution >= 4 is 12.6 Å². The number of nitrogens with zero attached hydrogens (tertiary/aromatic N) is 1. The van der Waals surface area contributed by atoms with Gasteiger partial charge < -0.3 is 14.0 Å². The second-order valence-corrected chi connectivity index (χ2v) is 6.24. The summed E-state index contributed by atoms with van der Waals surface area (Å²) in [5, 5.41) is 0. The zero-order valence-corrected chi connectivity index (χ0v) is 13.1. The fraction of sp³-hybridized carbons (Fsp3) is 0.667. The summed E-state index contributed by atoms with van der Waals surface area (Å²) in [6.07, 6.45) is 5.66. The lowest BCUT2D eigenvalue weighted by molar-refractivity contribution is 0.00578. The van der Waals surface area contributed by atoms with Crippen LogP contribution in [0.25, 0.3) is 0 Å². The van der Waals surface area contributed by atoms with Gasteiger partial charge in [0.2, 0.25) is 0 Å². The minimum atomic E-state index is -0.387. The van der Waals surface area contributed by atoms with Gasteiger partial charge in [-0.05, 0) is 40.2 Å². The maximum absolute atomic E-state index is 6.01. The quantitative estimate of drug-likeness (QED) is 0.612. The highest BCUT2D eigenvalue weighted by Crippen LogP contribution is 2.36. The van der Waals surface area contributed by atoms with Crippen LogP contribution in [0, 0.1) is 0 Å². The minimum absolute atomic E-state index is 0.337. The molecular weight excluding hydrogens is 253 g/mol. The molecule has 2 rings (SSSR count). The Morgan fingerprint density at radius 3 is 2.40 bits per heavy atom. The molecule has 0 amide bonds. The van der Waals surface area contributed by atoms with Crippen LogP contribution in [0.4, 0.5) is 0 Å². The highest BCUT2D eigenvalue weighted by atomic mass is 16.7. The first-order valence-corrected chi connectivity index (χ1v) is 7.29. The van der Waals surface area contributed by atoms with Crippen LogP contribution in [-0.2, 0) is 9.31 Å². The minimum Gasteiger partial charge on any atom is -0.492 e. The molecule has 2 heterocycles. The molecule has 20 heavy (non-hydrogen) atoms. The summed E-state index contributed by atoms with van der Waals surface area (Å²) in [4.78, 5) is 4.22. The number of hydrogen-bond acceptors (Lipinski definition) is 4. The molecule has 0 saturated carbocycles. The first kappa shape index (κ1) is 15.3. The zero-order chi connectivity index (χ0) is 14.8. The van der Waals surface area contributed by atoms with Crippen molar-refractivity contribution in [2.45, 2.75) is 58.7 Å². The molecule has 0 spiro atoms. The molecule has 0 N–H and O–H groups in total. The van der Waals surface area contributed by atoms with E-state index in [9.17, 15) is 0 Å². The Kier molecular flexibility index (Phi) is 4.40. The van der Waals surface area contributed by atoms with Crippen molar-refractivity contribution in [2.75, 3.05) is 6.61 Å². The van der Waals surface area contributed by atoms with E-state index in [1.54, 1.807) is 12.4 Å². The van der Waals surface area contributed by atoms with Crippen molar-refractivity contribution in [1.29, 1.82) is 0 Å². The van der Waals surface area contributed by atoms with Crippen LogP contribution in [0.15, 0.2) is 18.5 Å². The van der Waals surface area contributed by atoms with Crippen LogP contribution < -0.4 is 10.2 Å². The summed E-state index contributed by atoms with van der Waals surface area (Å²) in [5.74, 6) is 0.769. The number of rotatable bonds is 5. The molecule has 4 nitrogen and oxygen atoms in total. The molecular formula is C15H24BNO3. The second kappa shape index (κ2) is 5.74. The smallest absolute Gasteiger partial charge is 0.492 e. The second-order valence-electron chi connectivity index (χ2n) is 6.24. The Hall–Kier alpha value is -1.07. The van der Waals surface area contributed by atoms with E-state index in [1.807, 2.05) is 33.8 Å². The van der Waals surface area contributed by atoms with Crippen LogP contribution >= 0.6 is 0 Å². The van der Waals surface area contributed by atoms with Crippen molar-refractivity contribution in [2.24, 2.45) is 0 Å². The van der Waals surface area contributed by atoms with Crippen molar-refractivity contribution < 1.29 is 14.0 Å². The van der Waals surface area contributed by atoms with Crippen molar-refractivity contribution in [3.8, 4) is 5.75 Å². The van der Waals surface area contributed by atoms with E-state index in [-0.39, 0.29) is 18.3 Å². The molecule has 1 fully saturated rings. The molecule has 110 valence electrons. The molecule has 1 saturated heterocycles. The number of aromatic nitrogens is 1. The average Bonchev–Trinajstić information content (AvgIpc) is 2.59. The molecule has 1 aliphatic rings. The summed E-state index contributed by atoms with van der Waals surface area (Å²) in [6, 6.07) is 1.95. The largest absolute Gasteiger partial charge is 0.496 e. The molecule has 0 bridgehead atoms. The Morgan fingerprint density at radius 1 is 1.15 bits per heavy atom. The number of unbranched alkanes of at least 4 members (excludes halogenated alkanes) is 1. The van der Waals surface area contributed by atoms with E-state index in [1.165, 1.54) is 0 Å². The van der Waals surface area contributed by atoms with Crippen molar-refractivity contribution in [3.05, 3.63) is 18.5 Å². The van der Waals surface area contributed by atoms with E-state index in [0.29, 0.717) is 6.61 Å². The normalized spacial score (nSPS) is 20.1. The summed E-state index contributed by atoms with van der Waals surface area (Å²) < 4.78 is 17.7. The molecule has 1 aromatic heterocycles. The lowest BCUT2D eigenvalue weighted by Crippen LogP contribution is -2.41. The van der Waals surface area contributed by atoms with Gasteiger partial charge in [0.05, 0.1) is 24.0 Å². The zero-order valence-electron chi connectivity index (χ0n) is 13.1. The third-order valence-electron chi connectivity index (χ3n) is 4.03. The fourth-order valence-corrected chi connectivity index (χ4v) is 1.96. The molecule has 0 atom stereocenters. The van der Waals surface area contributed by atoms with Gasteiger partial charge in [-0.1, -0.05) is 13.3 Å². The van der Waals surface area contributed by atoms with Crippen molar-refractivity contribution in [3.63, 3.8) is 0 Å². The highest BCUT2D eigenvalue weighted by molar-refractivity contribution is 6.62. The van der Waals surface area contributed by atoms with Gasteiger partial charge in [-0.2, -0.15) is 0 Å². The average molecular weight is 277 g/mol. The molecule has 0 radical (unpaired) electrons. The molecule has 1 aromatic rings. The third-order valence-corrected chi connectivity index (χ3v) is 4.03. The van der Waals surface area contributed by atoms with Crippen LogP contribution in [0.5, 0.6) is 5.75 Å². The first-order chi connectivity index (χ1) is 9.36. The lowest BCUT2D eigenvalue weighted by Gasteiger charge is -2.32. The topological polar surface area (TPSA) is 40.6 Å². The Labute approximate surface area is 122 Å². The molecule has 1 aliphatic heterocycles. The Balaban J connectivity index is 2.09. The van der Waals surface area contributed by atoms with Gasteiger partial charge in [0.25, 0.3) is 0 Å². The monoisotopic (exact) mass is 277 g/mol. The van der Waals surface area contributed by atoms with E-state index in [0.717, 1.165) is 24.1 Å². The lowest BCUT2D eigenvalue weighted by atomic mass is 9.80. The Morgan fingerprint density at radius 2 is 1.80 bits per heavy atom. The first-order valence-electron chi connectivity index (χ1n) is 7.29. The van der Waals surface area contributed by atoms with Crippen LogP contribution in [0.1, 0.15) is 47.5 Å². The predicted molar refractivity (Wildman–Crippen MR) is 80.4 cm³/mol. The summed E-state index contributed by atoms with van der Waals surface area (Å²) in [7, 11) is -0.387. The third kappa shape index (κ3) is 3.15. The maximum Gasteiger partial charge on any atom is 0.496 e. The predicted octanol–water partition coefficient (Wildman–Crippen LogP) is 2.56. The van der Waals surface area contributed by atoms with Gasteiger partial charge >= 0.3 is 7.12 Å². The standard InChI is InChI=1S/C15H24BNO3/c1-6-7-8-18-13-9-12(10-17-11-13)16-19-14(2,3)15(4,5)20-16/h9-11H,6-8H2,1-5H3. The fourth-order valence-electron chi connectivity index (χ4n) is 1.96. The van der Waals surface area contributed by atoms with Gasteiger partial charge in [0.1, 0.15) is 5.75 Å². The van der Waals surface area contributed by atoms with E-state index < -0.39 is 0 Å². The summed E-state index contributed by atoms with van der Waals surface area (Å²) >= 11 is 0. The van der Waals surface area contributed by atoms with Crippen molar-refractivity contribution in [1.82, 2.24) is 4.98 Å². The van der Waals surface area contributed by atoms with Crippen LogP contribution in [0.3, 0.4) is 0 Å². The van der Waals surface area contributed by atoms with Gasteiger partial charge in [0, 0.05) is 11.7 Å². The number of hydrogen-bond donors (Lipinski definition) is 0. The SMILES string of the molecule is CCCCOc1cncc(B2OC(C)(C)C(C)(C)O2)c1. The summed E-state index contributed by atoms with van der Waals surface area (Å²) in [6.45, 7) is 11.0. The van der Waals surface area contributed by atoms with E-state index in [2.05, 4.69) is 11.9 Å². The molecule has 0 aromatic carbocycles.